The van der Waals surface area contributed by atoms with Crippen LogP contribution in [-0.4, -0.2) is 11.1 Å². The minimum atomic E-state index is -0.700. The zero-order valence-electron chi connectivity index (χ0n) is 19.9. The maximum atomic E-state index is 11.9. The first-order chi connectivity index (χ1) is 17.2. The van der Waals surface area contributed by atoms with Crippen LogP contribution < -0.4 is 0 Å². The predicted octanol–water partition coefficient (Wildman–Crippen LogP) is 7.25. The van der Waals surface area contributed by atoms with Crippen molar-refractivity contribution in [3.63, 3.8) is 0 Å². The monoisotopic (exact) mass is 458 g/mol. The van der Waals surface area contributed by atoms with E-state index < -0.39 is 5.97 Å². The molecule has 0 saturated carbocycles. The van der Waals surface area contributed by atoms with Crippen molar-refractivity contribution in [1.82, 2.24) is 0 Å². The fraction of sp³-hybridized carbons (Fsp3) is 0.242. The Labute approximate surface area is 207 Å². The molecule has 0 aromatic heterocycles. The fourth-order valence-corrected chi connectivity index (χ4v) is 6.61. The SMILES string of the molecule is O=C(O)C1CCc2c1cccc2C(c1ccccc1)C1CCc2c(Cc3ccccc3)cccc21. The number of fused-ring (bicyclic) bond motifs is 2. The third-order valence-electron chi connectivity index (χ3n) is 8.15. The first kappa shape index (κ1) is 21.9. The number of aliphatic carboxylic acids is 1. The fourth-order valence-electron chi connectivity index (χ4n) is 6.61. The van der Waals surface area contributed by atoms with Crippen LogP contribution in [0.4, 0.5) is 0 Å². The van der Waals surface area contributed by atoms with Crippen LogP contribution >= 0.6 is 0 Å². The van der Waals surface area contributed by atoms with E-state index in [0.29, 0.717) is 12.3 Å². The van der Waals surface area contributed by atoms with Gasteiger partial charge in [-0.3, -0.25) is 4.79 Å². The van der Waals surface area contributed by atoms with Crippen LogP contribution in [0.15, 0.2) is 97.1 Å². The van der Waals surface area contributed by atoms with E-state index >= 15 is 0 Å². The Morgan fingerprint density at radius 3 is 2.20 bits per heavy atom. The van der Waals surface area contributed by atoms with Crippen molar-refractivity contribution in [1.29, 1.82) is 0 Å². The van der Waals surface area contributed by atoms with Crippen molar-refractivity contribution in [2.75, 3.05) is 0 Å². The molecular weight excluding hydrogens is 428 g/mol. The van der Waals surface area contributed by atoms with Gasteiger partial charge in [-0.2, -0.15) is 0 Å². The number of rotatable bonds is 6. The Bertz CT molecular complexity index is 1360. The van der Waals surface area contributed by atoms with Crippen LogP contribution in [0.2, 0.25) is 0 Å². The molecule has 4 aromatic rings. The molecule has 6 rings (SSSR count). The minimum Gasteiger partial charge on any atom is -0.481 e. The highest BCUT2D eigenvalue weighted by molar-refractivity contribution is 5.78. The molecule has 0 bridgehead atoms. The number of carboxylic acids is 1. The van der Waals surface area contributed by atoms with Gasteiger partial charge in [0.15, 0.2) is 0 Å². The largest absolute Gasteiger partial charge is 0.481 e. The van der Waals surface area contributed by atoms with Gasteiger partial charge in [0.25, 0.3) is 0 Å². The molecule has 35 heavy (non-hydrogen) atoms. The molecule has 1 N–H and O–H groups in total. The van der Waals surface area contributed by atoms with Crippen LogP contribution in [0.3, 0.4) is 0 Å². The summed E-state index contributed by atoms with van der Waals surface area (Å²) in [5, 5.41) is 9.80. The van der Waals surface area contributed by atoms with Crippen LogP contribution in [0.25, 0.3) is 0 Å². The topological polar surface area (TPSA) is 37.3 Å². The van der Waals surface area contributed by atoms with Crippen molar-refractivity contribution in [2.24, 2.45) is 0 Å². The van der Waals surface area contributed by atoms with E-state index in [1.165, 1.54) is 38.9 Å². The lowest BCUT2D eigenvalue weighted by Gasteiger charge is -2.28. The summed E-state index contributed by atoms with van der Waals surface area (Å²) in [4.78, 5) is 11.9. The van der Waals surface area contributed by atoms with Gasteiger partial charge in [-0.25, -0.2) is 0 Å². The normalized spacial score (nSPS) is 19.2. The average Bonchev–Trinajstić information content (AvgIpc) is 3.52. The number of hydrogen-bond donors (Lipinski definition) is 1. The number of hydrogen-bond acceptors (Lipinski definition) is 1. The van der Waals surface area contributed by atoms with Crippen LogP contribution in [-0.2, 0) is 24.1 Å². The van der Waals surface area contributed by atoms with Crippen molar-refractivity contribution in [2.45, 2.75) is 49.9 Å². The summed E-state index contributed by atoms with van der Waals surface area (Å²) in [6, 6.07) is 34.8. The second-order valence-corrected chi connectivity index (χ2v) is 10.0. The first-order valence-electron chi connectivity index (χ1n) is 12.7. The lowest BCUT2D eigenvalue weighted by Crippen LogP contribution is -2.14. The van der Waals surface area contributed by atoms with Crippen LogP contribution in [0.1, 0.15) is 75.1 Å². The zero-order chi connectivity index (χ0) is 23.8. The van der Waals surface area contributed by atoms with Gasteiger partial charge < -0.3 is 5.11 Å². The second kappa shape index (κ2) is 9.19. The standard InChI is InChI=1S/C33H30O2/c34-33(35)31-20-18-28-27(31)15-8-16-29(28)32(23-11-5-2-6-12-23)30-19-17-25-24(13-7-14-26(25)30)21-22-9-3-1-4-10-22/h1-16,30-32H,17-21H2,(H,34,35). The molecule has 0 saturated heterocycles. The molecule has 0 spiro atoms. The van der Waals surface area contributed by atoms with Crippen LogP contribution in [0, 0.1) is 0 Å². The van der Waals surface area contributed by atoms with Gasteiger partial charge in [0.1, 0.15) is 0 Å². The molecule has 0 amide bonds. The van der Waals surface area contributed by atoms with E-state index in [0.717, 1.165) is 31.2 Å². The van der Waals surface area contributed by atoms with Gasteiger partial charge in [0.2, 0.25) is 0 Å². The van der Waals surface area contributed by atoms with E-state index in [2.05, 4.69) is 91.0 Å². The summed E-state index contributed by atoms with van der Waals surface area (Å²) >= 11 is 0. The summed E-state index contributed by atoms with van der Waals surface area (Å²) in [6.07, 6.45) is 4.73. The number of carboxylic acid groups (broad SMARTS) is 1. The summed E-state index contributed by atoms with van der Waals surface area (Å²) in [6.45, 7) is 0. The smallest absolute Gasteiger partial charge is 0.310 e. The molecule has 2 nitrogen and oxygen atoms in total. The molecule has 0 aliphatic heterocycles. The Morgan fingerprint density at radius 1 is 0.743 bits per heavy atom. The predicted molar refractivity (Wildman–Crippen MR) is 140 cm³/mol. The molecule has 3 unspecified atom stereocenters. The van der Waals surface area contributed by atoms with Crippen molar-refractivity contribution in [3.8, 4) is 0 Å². The van der Waals surface area contributed by atoms with E-state index in [4.69, 9.17) is 0 Å². The lowest BCUT2D eigenvalue weighted by molar-refractivity contribution is -0.138. The van der Waals surface area contributed by atoms with Gasteiger partial charge in [0, 0.05) is 5.92 Å². The quantitative estimate of drug-likeness (QED) is 0.330. The molecule has 2 aliphatic rings. The summed E-state index contributed by atoms with van der Waals surface area (Å²) < 4.78 is 0. The van der Waals surface area contributed by atoms with E-state index in [9.17, 15) is 9.90 Å². The van der Waals surface area contributed by atoms with Gasteiger partial charge in [-0.05, 0) is 82.5 Å². The number of benzene rings is 4. The maximum Gasteiger partial charge on any atom is 0.310 e. The Balaban J connectivity index is 1.45. The molecule has 174 valence electrons. The van der Waals surface area contributed by atoms with Crippen molar-refractivity contribution < 1.29 is 9.90 Å². The Morgan fingerprint density at radius 2 is 1.43 bits per heavy atom. The molecule has 4 aromatic carbocycles. The van der Waals surface area contributed by atoms with Gasteiger partial charge in [-0.15, -0.1) is 0 Å². The van der Waals surface area contributed by atoms with Gasteiger partial charge in [0.05, 0.1) is 5.92 Å². The average molecular weight is 459 g/mol. The zero-order valence-corrected chi connectivity index (χ0v) is 19.9. The lowest BCUT2D eigenvalue weighted by atomic mass is 9.75. The summed E-state index contributed by atoms with van der Waals surface area (Å²) in [5.74, 6) is -0.464. The highest BCUT2D eigenvalue weighted by Gasteiger charge is 2.37. The van der Waals surface area contributed by atoms with Gasteiger partial charge in [-0.1, -0.05) is 97.1 Å². The van der Waals surface area contributed by atoms with E-state index in [-0.39, 0.29) is 11.8 Å². The molecule has 2 heteroatoms. The summed E-state index contributed by atoms with van der Waals surface area (Å²) in [5.41, 5.74) is 10.7. The first-order valence-corrected chi connectivity index (χ1v) is 12.7. The van der Waals surface area contributed by atoms with Crippen molar-refractivity contribution in [3.05, 3.63) is 142 Å². The highest BCUT2D eigenvalue weighted by Crippen LogP contribution is 2.50. The molecular formula is C33H30O2. The Kier molecular flexibility index (Phi) is 5.74. The minimum absolute atomic E-state index is 0.229. The maximum absolute atomic E-state index is 11.9. The second-order valence-electron chi connectivity index (χ2n) is 10.0. The highest BCUT2D eigenvalue weighted by atomic mass is 16.4. The number of carbonyl (C=O) groups is 1. The Hall–Kier alpha value is -3.65. The third kappa shape index (κ3) is 3.97. The van der Waals surface area contributed by atoms with Gasteiger partial charge >= 0.3 is 5.97 Å². The van der Waals surface area contributed by atoms with E-state index in [1.54, 1.807) is 0 Å². The molecule has 0 fully saturated rings. The van der Waals surface area contributed by atoms with E-state index in [1.807, 2.05) is 6.07 Å². The summed E-state index contributed by atoms with van der Waals surface area (Å²) in [7, 11) is 0. The molecule has 2 aliphatic carbocycles. The van der Waals surface area contributed by atoms with Crippen LogP contribution in [0.5, 0.6) is 0 Å². The molecule has 3 atom stereocenters. The van der Waals surface area contributed by atoms with Crippen molar-refractivity contribution >= 4 is 5.97 Å². The molecule has 0 heterocycles. The molecule has 0 radical (unpaired) electrons. The third-order valence-corrected chi connectivity index (χ3v) is 8.15.